The molecule has 15 heavy (non-hydrogen) atoms. The van der Waals surface area contributed by atoms with Crippen molar-refractivity contribution in [2.24, 2.45) is 0 Å². The predicted octanol–water partition coefficient (Wildman–Crippen LogP) is 2.93. The fourth-order valence-electron chi connectivity index (χ4n) is 1.86. The monoisotopic (exact) mass is 265 g/mol. The minimum Gasteiger partial charge on any atom is -0.233 e. The molecule has 2 aromatic rings. The van der Waals surface area contributed by atoms with Gasteiger partial charge in [0.1, 0.15) is 0 Å². The zero-order valence-corrected chi connectivity index (χ0v) is 10.2. The Morgan fingerprint density at radius 2 is 2.33 bits per heavy atom. The molecule has 78 valence electrons. The average molecular weight is 266 g/mol. The summed E-state index contributed by atoms with van der Waals surface area (Å²) in [7, 11) is 0. The Morgan fingerprint density at radius 3 is 3.00 bits per heavy atom. The van der Waals surface area contributed by atoms with Gasteiger partial charge >= 0.3 is 0 Å². The van der Waals surface area contributed by atoms with Crippen molar-refractivity contribution >= 4 is 21.6 Å². The summed E-state index contributed by atoms with van der Waals surface area (Å²) in [5.74, 6) is 0.701. The summed E-state index contributed by atoms with van der Waals surface area (Å²) < 4.78 is 2.96. The van der Waals surface area contributed by atoms with Crippen LogP contribution >= 0.6 is 15.9 Å². The van der Waals surface area contributed by atoms with Crippen molar-refractivity contribution in [3.8, 4) is 0 Å². The number of hydrogen-bond acceptors (Lipinski definition) is 2. The molecule has 2 aromatic heterocycles. The van der Waals surface area contributed by atoms with E-state index in [9.17, 15) is 0 Å². The lowest BCUT2D eigenvalue weighted by Gasteiger charge is -2.05. The molecule has 2 heterocycles. The van der Waals surface area contributed by atoms with Crippen molar-refractivity contribution in [3.05, 3.63) is 28.1 Å². The van der Waals surface area contributed by atoms with Gasteiger partial charge in [0.05, 0.1) is 10.7 Å². The second-order valence-corrected chi connectivity index (χ2v) is 4.88. The third kappa shape index (κ3) is 1.47. The summed E-state index contributed by atoms with van der Waals surface area (Å²) in [6.45, 7) is 2.14. The quantitative estimate of drug-likeness (QED) is 0.836. The first-order chi connectivity index (χ1) is 7.29. The van der Waals surface area contributed by atoms with E-state index in [1.54, 1.807) is 0 Å². The van der Waals surface area contributed by atoms with Gasteiger partial charge in [-0.25, -0.2) is 9.50 Å². The van der Waals surface area contributed by atoms with Gasteiger partial charge in [-0.2, -0.15) is 5.10 Å². The van der Waals surface area contributed by atoms with Crippen LogP contribution in [0.2, 0.25) is 0 Å². The van der Waals surface area contributed by atoms with Gasteiger partial charge in [-0.1, -0.05) is 6.92 Å². The van der Waals surface area contributed by atoms with E-state index < -0.39 is 0 Å². The van der Waals surface area contributed by atoms with Crippen molar-refractivity contribution in [1.82, 2.24) is 14.6 Å². The van der Waals surface area contributed by atoms with E-state index in [4.69, 9.17) is 0 Å². The topological polar surface area (TPSA) is 30.2 Å². The molecule has 1 aliphatic carbocycles. The first-order valence-corrected chi connectivity index (χ1v) is 6.12. The fourth-order valence-corrected chi connectivity index (χ4v) is 2.21. The SMILES string of the molecule is CCc1cc(C2CC2)n2ncc(Br)c2n1. The number of hydrogen-bond donors (Lipinski definition) is 0. The number of aryl methyl sites for hydroxylation is 1. The third-order valence-electron chi connectivity index (χ3n) is 2.87. The van der Waals surface area contributed by atoms with Crippen molar-refractivity contribution < 1.29 is 0 Å². The molecule has 3 nitrogen and oxygen atoms in total. The number of nitrogens with zero attached hydrogens (tertiary/aromatic N) is 3. The van der Waals surface area contributed by atoms with Crippen molar-refractivity contribution in [2.45, 2.75) is 32.1 Å². The van der Waals surface area contributed by atoms with Crippen LogP contribution in [0.3, 0.4) is 0 Å². The van der Waals surface area contributed by atoms with E-state index in [0.717, 1.165) is 22.2 Å². The Bertz CT molecular complexity index is 514. The van der Waals surface area contributed by atoms with Gasteiger partial charge in [-0.15, -0.1) is 0 Å². The van der Waals surface area contributed by atoms with Crippen molar-refractivity contribution in [1.29, 1.82) is 0 Å². The molecule has 0 aromatic carbocycles. The van der Waals surface area contributed by atoms with Gasteiger partial charge < -0.3 is 0 Å². The number of aromatic nitrogens is 3. The molecule has 0 bridgehead atoms. The zero-order chi connectivity index (χ0) is 10.4. The Kier molecular flexibility index (Phi) is 2.06. The van der Waals surface area contributed by atoms with Crippen LogP contribution in [0.5, 0.6) is 0 Å². The van der Waals surface area contributed by atoms with E-state index in [0.29, 0.717) is 5.92 Å². The molecule has 0 spiro atoms. The smallest absolute Gasteiger partial charge is 0.169 e. The van der Waals surface area contributed by atoms with E-state index in [-0.39, 0.29) is 0 Å². The first kappa shape index (κ1) is 9.33. The highest BCUT2D eigenvalue weighted by Gasteiger charge is 2.27. The molecule has 0 unspecified atom stereocenters. The Hall–Kier alpha value is -0.900. The zero-order valence-electron chi connectivity index (χ0n) is 8.57. The van der Waals surface area contributed by atoms with Gasteiger partial charge in [0.15, 0.2) is 5.65 Å². The van der Waals surface area contributed by atoms with Crippen LogP contribution in [0.4, 0.5) is 0 Å². The highest BCUT2D eigenvalue weighted by molar-refractivity contribution is 9.10. The van der Waals surface area contributed by atoms with Gasteiger partial charge in [-0.3, -0.25) is 0 Å². The molecule has 0 saturated heterocycles. The van der Waals surface area contributed by atoms with Crippen LogP contribution < -0.4 is 0 Å². The maximum atomic E-state index is 4.58. The van der Waals surface area contributed by atoms with Crippen LogP contribution in [-0.4, -0.2) is 14.6 Å². The van der Waals surface area contributed by atoms with E-state index in [1.165, 1.54) is 18.5 Å². The Balaban J connectivity index is 2.30. The highest BCUT2D eigenvalue weighted by atomic mass is 79.9. The summed E-state index contributed by atoms with van der Waals surface area (Å²) in [6, 6.07) is 2.20. The van der Waals surface area contributed by atoms with E-state index in [2.05, 4.69) is 39.0 Å². The molecular weight excluding hydrogens is 254 g/mol. The average Bonchev–Trinajstić information content (AvgIpc) is 3.03. The molecule has 0 aliphatic heterocycles. The molecule has 4 heteroatoms. The normalized spacial score (nSPS) is 16.1. The molecule has 1 aliphatic rings. The summed E-state index contributed by atoms with van der Waals surface area (Å²) in [6.07, 6.45) is 5.39. The van der Waals surface area contributed by atoms with Gasteiger partial charge in [0, 0.05) is 17.3 Å². The number of fused-ring (bicyclic) bond motifs is 1. The second-order valence-electron chi connectivity index (χ2n) is 4.03. The van der Waals surface area contributed by atoms with Crippen LogP contribution in [0.15, 0.2) is 16.7 Å². The number of rotatable bonds is 2. The summed E-state index contributed by atoms with van der Waals surface area (Å²) in [5, 5.41) is 4.36. The molecule has 0 atom stereocenters. The predicted molar refractivity (Wildman–Crippen MR) is 62.0 cm³/mol. The molecule has 0 amide bonds. The van der Waals surface area contributed by atoms with Gasteiger partial charge in [0.25, 0.3) is 0 Å². The maximum absolute atomic E-state index is 4.58. The minimum atomic E-state index is 0.701. The van der Waals surface area contributed by atoms with Crippen LogP contribution in [-0.2, 0) is 6.42 Å². The van der Waals surface area contributed by atoms with E-state index >= 15 is 0 Å². The summed E-state index contributed by atoms with van der Waals surface area (Å²) in [4.78, 5) is 4.58. The van der Waals surface area contributed by atoms with Crippen molar-refractivity contribution in [2.75, 3.05) is 0 Å². The fraction of sp³-hybridized carbons (Fsp3) is 0.455. The number of halogens is 1. The van der Waals surface area contributed by atoms with Crippen LogP contribution in [0, 0.1) is 0 Å². The molecule has 3 rings (SSSR count). The van der Waals surface area contributed by atoms with Crippen molar-refractivity contribution in [3.63, 3.8) is 0 Å². The molecule has 1 fully saturated rings. The molecule has 0 N–H and O–H groups in total. The second kappa shape index (κ2) is 3.30. The summed E-state index contributed by atoms with van der Waals surface area (Å²) in [5.41, 5.74) is 3.43. The molecular formula is C11H12BrN3. The van der Waals surface area contributed by atoms with Crippen LogP contribution in [0.25, 0.3) is 5.65 Å². The first-order valence-electron chi connectivity index (χ1n) is 5.32. The third-order valence-corrected chi connectivity index (χ3v) is 3.43. The minimum absolute atomic E-state index is 0.701. The standard InChI is InChI=1S/C11H12BrN3/c1-2-8-5-10(7-3-4-7)15-11(14-8)9(12)6-13-15/h5-7H,2-4H2,1H3. The largest absolute Gasteiger partial charge is 0.233 e. The maximum Gasteiger partial charge on any atom is 0.169 e. The Labute approximate surface area is 96.6 Å². The van der Waals surface area contributed by atoms with Gasteiger partial charge in [-0.05, 0) is 41.3 Å². The molecule has 1 saturated carbocycles. The lowest BCUT2D eigenvalue weighted by Crippen LogP contribution is -2.01. The summed E-state index contributed by atoms with van der Waals surface area (Å²) >= 11 is 3.49. The van der Waals surface area contributed by atoms with E-state index in [1.807, 2.05) is 10.7 Å². The highest BCUT2D eigenvalue weighted by Crippen LogP contribution is 2.40. The molecule has 0 radical (unpaired) electrons. The lowest BCUT2D eigenvalue weighted by atomic mass is 10.2. The lowest BCUT2D eigenvalue weighted by molar-refractivity contribution is 0.826. The Morgan fingerprint density at radius 1 is 1.53 bits per heavy atom. The van der Waals surface area contributed by atoms with Gasteiger partial charge in [0.2, 0.25) is 0 Å². The van der Waals surface area contributed by atoms with Crippen LogP contribution in [0.1, 0.15) is 37.1 Å².